The predicted molar refractivity (Wildman–Crippen MR) is 108 cm³/mol. The van der Waals surface area contributed by atoms with E-state index in [9.17, 15) is 4.39 Å². The van der Waals surface area contributed by atoms with Crippen LogP contribution in [-0.4, -0.2) is 43.1 Å². The summed E-state index contributed by atoms with van der Waals surface area (Å²) in [4.78, 5) is 10.3. The predicted octanol–water partition coefficient (Wildman–Crippen LogP) is 5.02. The molecule has 1 saturated heterocycles. The van der Waals surface area contributed by atoms with Crippen molar-refractivity contribution in [3.05, 3.63) is 58.8 Å². The molecule has 0 radical (unpaired) electrons. The Kier molecular flexibility index (Phi) is 4.94. The lowest BCUT2D eigenvalue weighted by molar-refractivity contribution is 0.313. The van der Waals surface area contributed by atoms with Gasteiger partial charge in [0.1, 0.15) is 10.2 Å². The molecule has 1 aromatic carbocycles. The smallest absolute Gasteiger partial charge is 0.123 e. The molecule has 1 aliphatic rings. The van der Waals surface area contributed by atoms with Crippen molar-refractivity contribution >= 4 is 28.6 Å². The average molecular weight is 388 g/mol. The molecular formula is C20H19ClFN3S. The maximum atomic E-state index is 13.2. The van der Waals surface area contributed by atoms with Crippen LogP contribution >= 0.6 is 22.9 Å². The molecular weight excluding hydrogens is 369 g/mol. The molecule has 3 heterocycles. The number of hydrogen-bond acceptors (Lipinski definition) is 4. The molecule has 1 fully saturated rings. The van der Waals surface area contributed by atoms with E-state index in [2.05, 4.69) is 34.0 Å². The Morgan fingerprint density at radius 2 is 1.77 bits per heavy atom. The van der Waals surface area contributed by atoms with Crippen molar-refractivity contribution in [1.29, 1.82) is 0 Å². The molecule has 3 aromatic rings. The number of hydrogen-bond donors (Lipinski definition) is 0. The van der Waals surface area contributed by atoms with Crippen molar-refractivity contribution in [2.75, 3.05) is 38.1 Å². The van der Waals surface area contributed by atoms with Crippen LogP contribution in [0.3, 0.4) is 0 Å². The van der Waals surface area contributed by atoms with E-state index in [1.165, 1.54) is 29.2 Å². The number of pyridine rings is 1. The number of benzene rings is 1. The molecule has 0 bridgehead atoms. The quantitative estimate of drug-likeness (QED) is 0.629. The van der Waals surface area contributed by atoms with Gasteiger partial charge in [-0.15, -0.1) is 11.3 Å². The number of anilines is 1. The molecule has 26 heavy (non-hydrogen) atoms. The van der Waals surface area contributed by atoms with Gasteiger partial charge in [-0.2, -0.15) is 0 Å². The SMILES string of the molecule is CN1CCN(c2ccnc(-c3cc(-c4ccc(F)cc4)sc3Cl)c2)CC1. The van der Waals surface area contributed by atoms with Gasteiger partial charge in [-0.25, -0.2) is 4.39 Å². The standard InChI is InChI=1S/C20H19ClFN3S/c1-24-8-10-25(11-9-24)16-6-7-23-18(12-16)17-13-19(26-20(17)21)14-2-4-15(22)5-3-14/h2-7,12-13H,8-11H2,1H3. The molecule has 0 aliphatic carbocycles. The average Bonchev–Trinajstić information content (AvgIpc) is 3.05. The summed E-state index contributed by atoms with van der Waals surface area (Å²) in [5.74, 6) is -0.238. The van der Waals surface area contributed by atoms with Gasteiger partial charge in [0.25, 0.3) is 0 Å². The monoisotopic (exact) mass is 387 g/mol. The number of likely N-dealkylation sites (N-methyl/N-ethyl adjacent to an activating group) is 1. The first-order chi connectivity index (χ1) is 12.6. The third-order valence-electron chi connectivity index (χ3n) is 4.70. The topological polar surface area (TPSA) is 19.4 Å². The maximum Gasteiger partial charge on any atom is 0.123 e. The highest BCUT2D eigenvalue weighted by molar-refractivity contribution is 7.20. The van der Waals surface area contributed by atoms with E-state index in [1.807, 2.05) is 12.3 Å². The molecule has 0 spiro atoms. The molecule has 0 saturated carbocycles. The van der Waals surface area contributed by atoms with Crippen LogP contribution in [0.15, 0.2) is 48.7 Å². The third-order valence-corrected chi connectivity index (χ3v) is 6.11. The molecule has 0 amide bonds. The third kappa shape index (κ3) is 3.61. The van der Waals surface area contributed by atoms with Crippen LogP contribution in [0.25, 0.3) is 21.7 Å². The van der Waals surface area contributed by atoms with Crippen molar-refractivity contribution in [2.45, 2.75) is 0 Å². The summed E-state index contributed by atoms with van der Waals surface area (Å²) in [6, 6.07) is 12.7. The zero-order chi connectivity index (χ0) is 18.1. The van der Waals surface area contributed by atoms with E-state index in [0.717, 1.165) is 47.9 Å². The summed E-state index contributed by atoms with van der Waals surface area (Å²) >= 11 is 7.99. The molecule has 6 heteroatoms. The number of piperazine rings is 1. The van der Waals surface area contributed by atoms with Crippen LogP contribution in [0.4, 0.5) is 10.1 Å². The van der Waals surface area contributed by atoms with Crippen molar-refractivity contribution in [2.24, 2.45) is 0 Å². The van der Waals surface area contributed by atoms with Crippen LogP contribution in [0.1, 0.15) is 0 Å². The van der Waals surface area contributed by atoms with Gasteiger partial charge in [-0.05, 0) is 42.9 Å². The number of aromatic nitrogens is 1. The molecule has 2 aromatic heterocycles. The highest BCUT2D eigenvalue weighted by Crippen LogP contribution is 2.40. The van der Waals surface area contributed by atoms with E-state index in [0.29, 0.717) is 4.34 Å². The number of halogens is 2. The van der Waals surface area contributed by atoms with Gasteiger partial charge in [-0.3, -0.25) is 4.98 Å². The Morgan fingerprint density at radius 1 is 1.04 bits per heavy atom. The van der Waals surface area contributed by atoms with Gasteiger partial charge in [-0.1, -0.05) is 23.7 Å². The first-order valence-corrected chi connectivity index (χ1v) is 9.75. The summed E-state index contributed by atoms with van der Waals surface area (Å²) in [6.45, 7) is 4.15. The van der Waals surface area contributed by atoms with E-state index in [4.69, 9.17) is 11.6 Å². The van der Waals surface area contributed by atoms with E-state index >= 15 is 0 Å². The van der Waals surface area contributed by atoms with E-state index in [1.54, 1.807) is 12.1 Å². The van der Waals surface area contributed by atoms with Crippen LogP contribution in [0.5, 0.6) is 0 Å². The lowest BCUT2D eigenvalue weighted by atomic mass is 10.1. The molecule has 134 valence electrons. The number of nitrogens with zero attached hydrogens (tertiary/aromatic N) is 3. The Labute approximate surface area is 161 Å². The van der Waals surface area contributed by atoms with Gasteiger partial charge in [0, 0.05) is 48.5 Å². The minimum atomic E-state index is -0.238. The molecule has 0 atom stereocenters. The van der Waals surface area contributed by atoms with Crippen LogP contribution in [0.2, 0.25) is 4.34 Å². The molecule has 0 unspecified atom stereocenters. The van der Waals surface area contributed by atoms with Gasteiger partial charge in [0.15, 0.2) is 0 Å². The van der Waals surface area contributed by atoms with Crippen molar-refractivity contribution in [3.8, 4) is 21.7 Å². The highest BCUT2D eigenvalue weighted by Gasteiger charge is 2.17. The minimum absolute atomic E-state index is 0.238. The van der Waals surface area contributed by atoms with Gasteiger partial charge < -0.3 is 9.80 Å². The molecule has 0 N–H and O–H groups in total. The Bertz CT molecular complexity index is 902. The fourth-order valence-electron chi connectivity index (χ4n) is 3.13. The van der Waals surface area contributed by atoms with Crippen LogP contribution < -0.4 is 4.90 Å². The van der Waals surface area contributed by atoms with Crippen molar-refractivity contribution < 1.29 is 4.39 Å². The van der Waals surface area contributed by atoms with Crippen molar-refractivity contribution in [1.82, 2.24) is 9.88 Å². The minimum Gasteiger partial charge on any atom is -0.369 e. The molecule has 3 nitrogen and oxygen atoms in total. The summed E-state index contributed by atoms with van der Waals surface area (Å²) in [6.07, 6.45) is 1.84. The van der Waals surface area contributed by atoms with Crippen molar-refractivity contribution in [3.63, 3.8) is 0 Å². The van der Waals surface area contributed by atoms with E-state index < -0.39 is 0 Å². The fraction of sp³-hybridized carbons (Fsp3) is 0.250. The summed E-state index contributed by atoms with van der Waals surface area (Å²) < 4.78 is 13.9. The van der Waals surface area contributed by atoms with Crippen LogP contribution in [0, 0.1) is 5.82 Å². The van der Waals surface area contributed by atoms with E-state index in [-0.39, 0.29) is 5.82 Å². The Balaban J connectivity index is 1.63. The fourth-order valence-corrected chi connectivity index (χ4v) is 4.43. The lowest BCUT2D eigenvalue weighted by Gasteiger charge is -2.34. The Hall–Kier alpha value is -1.95. The summed E-state index contributed by atoms with van der Waals surface area (Å²) in [5, 5.41) is 0. The number of thiophene rings is 1. The zero-order valence-electron chi connectivity index (χ0n) is 14.5. The summed E-state index contributed by atoms with van der Waals surface area (Å²) in [7, 11) is 2.15. The molecule has 4 rings (SSSR count). The van der Waals surface area contributed by atoms with Crippen LogP contribution in [-0.2, 0) is 0 Å². The van der Waals surface area contributed by atoms with Gasteiger partial charge in [0.05, 0.1) is 5.69 Å². The second-order valence-electron chi connectivity index (χ2n) is 6.49. The van der Waals surface area contributed by atoms with Gasteiger partial charge in [0.2, 0.25) is 0 Å². The first-order valence-electron chi connectivity index (χ1n) is 8.55. The maximum absolute atomic E-state index is 13.2. The summed E-state index contributed by atoms with van der Waals surface area (Å²) in [5.41, 5.74) is 3.93. The number of rotatable bonds is 3. The Morgan fingerprint density at radius 3 is 2.50 bits per heavy atom. The largest absolute Gasteiger partial charge is 0.369 e. The zero-order valence-corrected chi connectivity index (χ0v) is 16.0. The highest BCUT2D eigenvalue weighted by atomic mass is 35.5. The lowest BCUT2D eigenvalue weighted by Crippen LogP contribution is -2.44. The second-order valence-corrected chi connectivity index (χ2v) is 8.15. The molecule has 1 aliphatic heterocycles. The second kappa shape index (κ2) is 7.35. The normalized spacial score (nSPS) is 15.4. The first kappa shape index (κ1) is 17.5. The van der Waals surface area contributed by atoms with Gasteiger partial charge >= 0.3 is 0 Å².